The molecule has 2 atom stereocenters. The first kappa shape index (κ1) is 11.7. The fraction of sp³-hybridized carbons (Fsp3) is 0.909. The van der Waals surface area contributed by atoms with Gasteiger partial charge in [0.2, 0.25) is 5.90 Å². The van der Waals surface area contributed by atoms with E-state index in [1.807, 2.05) is 14.1 Å². The zero-order chi connectivity index (χ0) is 11.5. The van der Waals surface area contributed by atoms with E-state index in [1.165, 1.54) is 0 Å². The molecule has 0 saturated carbocycles. The Hall–Kier alpha value is -0.810. The summed E-state index contributed by atoms with van der Waals surface area (Å²) in [6.45, 7) is 3.58. The van der Waals surface area contributed by atoms with Gasteiger partial charge in [-0.05, 0) is 34.1 Å². The van der Waals surface area contributed by atoms with Gasteiger partial charge < -0.3 is 19.4 Å². The summed E-state index contributed by atoms with van der Waals surface area (Å²) in [5, 5.41) is 4.05. The molecule has 0 aromatic rings. The minimum absolute atomic E-state index is 0.119. The number of likely N-dealkylation sites (N-methyl/N-ethyl adjacent to an activating group) is 1. The van der Waals surface area contributed by atoms with Gasteiger partial charge in [0.1, 0.15) is 6.10 Å². The number of nitrogens with zero attached hydrogens (tertiary/aromatic N) is 3. The van der Waals surface area contributed by atoms with E-state index in [1.54, 1.807) is 0 Å². The lowest BCUT2D eigenvalue weighted by Gasteiger charge is -2.27. The Labute approximate surface area is 97.0 Å². The average molecular weight is 227 g/mol. The van der Waals surface area contributed by atoms with Crippen LogP contribution in [0.3, 0.4) is 0 Å². The normalized spacial score (nSPS) is 31.1. The van der Waals surface area contributed by atoms with Crippen molar-refractivity contribution in [2.24, 2.45) is 11.1 Å². The van der Waals surface area contributed by atoms with Gasteiger partial charge in [0.25, 0.3) is 0 Å². The number of hydrogen-bond acceptors (Lipinski definition) is 5. The van der Waals surface area contributed by atoms with Crippen molar-refractivity contribution in [1.29, 1.82) is 0 Å². The van der Waals surface area contributed by atoms with Crippen molar-refractivity contribution in [2.45, 2.75) is 12.5 Å². The summed E-state index contributed by atoms with van der Waals surface area (Å²) in [7, 11) is 6.21. The summed E-state index contributed by atoms with van der Waals surface area (Å²) in [6, 6.07) is 0. The molecule has 2 unspecified atom stereocenters. The van der Waals surface area contributed by atoms with Gasteiger partial charge in [-0.25, -0.2) is 0 Å². The standard InChI is InChI=1S/C11H21N3O2/c1-13(2)7-10-8-15-12-11(16-10)9-4-5-14(3)6-9/h9-10H,4-8H2,1-3H3. The van der Waals surface area contributed by atoms with E-state index in [9.17, 15) is 0 Å². The Kier molecular flexibility index (Phi) is 3.66. The second kappa shape index (κ2) is 5.01. The Morgan fingerprint density at radius 2 is 2.31 bits per heavy atom. The summed E-state index contributed by atoms with van der Waals surface area (Å²) in [5.41, 5.74) is 0. The van der Waals surface area contributed by atoms with Crippen LogP contribution < -0.4 is 0 Å². The Morgan fingerprint density at radius 1 is 1.50 bits per heavy atom. The van der Waals surface area contributed by atoms with Crippen molar-refractivity contribution < 1.29 is 9.57 Å². The Bertz CT molecular complexity index is 268. The van der Waals surface area contributed by atoms with Crippen molar-refractivity contribution >= 4 is 5.90 Å². The van der Waals surface area contributed by atoms with E-state index >= 15 is 0 Å². The van der Waals surface area contributed by atoms with Gasteiger partial charge in [0.15, 0.2) is 6.61 Å². The van der Waals surface area contributed by atoms with Gasteiger partial charge in [0.05, 0.1) is 5.92 Å². The third kappa shape index (κ3) is 2.86. The highest BCUT2D eigenvalue weighted by atomic mass is 16.7. The highest BCUT2D eigenvalue weighted by Gasteiger charge is 2.30. The maximum absolute atomic E-state index is 5.89. The molecule has 0 amide bonds. The largest absolute Gasteiger partial charge is 0.470 e. The number of ether oxygens (including phenoxy) is 1. The molecular weight excluding hydrogens is 206 g/mol. The summed E-state index contributed by atoms with van der Waals surface area (Å²) in [4.78, 5) is 9.67. The van der Waals surface area contributed by atoms with Crippen molar-refractivity contribution in [3.63, 3.8) is 0 Å². The first-order valence-corrected chi connectivity index (χ1v) is 5.85. The van der Waals surface area contributed by atoms with E-state index in [2.05, 4.69) is 22.0 Å². The molecule has 0 bridgehead atoms. The first-order chi connectivity index (χ1) is 7.65. The average Bonchev–Trinajstić information content (AvgIpc) is 2.64. The maximum Gasteiger partial charge on any atom is 0.230 e. The Morgan fingerprint density at radius 3 is 2.94 bits per heavy atom. The van der Waals surface area contributed by atoms with E-state index in [-0.39, 0.29) is 6.10 Å². The van der Waals surface area contributed by atoms with Crippen LogP contribution in [0.4, 0.5) is 0 Å². The lowest BCUT2D eigenvalue weighted by Crippen LogP contribution is -2.38. The number of hydrogen-bond donors (Lipinski definition) is 0. The van der Waals surface area contributed by atoms with E-state index < -0.39 is 0 Å². The molecule has 16 heavy (non-hydrogen) atoms. The van der Waals surface area contributed by atoms with E-state index in [0.29, 0.717) is 12.5 Å². The van der Waals surface area contributed by atoms with Gasteiger partial charge in [0, 0.05) is 13.1 Å². The van der Waals surface area contributed by atoms with Crippen LogP contribution in [-0.4, -0.2) is 69.2 Å². The van der Waals surface area contributed by atoms with Crippen molar-refractivity contribution in [2.75, 3.05) is 47.4 Å². The molecule has 0 spiro atoms. The third-order valence-electron chi connectivity index (χ3n) is 3.01. The summed E-state index contributed by atoms with van der Waals surface area (Å²) >= 11 is 0. The van der Waals surface area contributed by atoms with Gasteiger partial charge in [-0.15, -0.1) is 0 Å². The molecule has 0 aromatic carbocycles. The minimum atomic E-state index is 0.119. The van der Waals surface area contributed by atoms with Crippen molar-refractivity contribution in [3.05, 3.63) is 0 Å². The topological polar surface area (TPSA) is 37.3 Å². The van der Waals surface area contributed by atoms with Crippen molar-refractivity contribution in [1.82, 2.24) is 9.80 Å². The van der Waals surface area contributed by atoms with Gasteiger partial charge in [-0.1, -0.05) is 5.16 Å². The molecule has 0 aromatic heterocycles. The second-order valence-electron chi connectivity index (χ2n) is 4.98. The molecule has 0 N–H and O–H groups in total. The predicted molar refractivity (Wildman–Crippen MR) is 62.4 cm³/mol. The molecule has 92 valence electrons. The quantitative estimate of drug-likeness (QED) is 0.691. The number of oxime groups is 1. The highest BCUT2D eigenvalue weighted by molar-refractivity contribution is 5.79. The molecule has 1 saturated heterocycles. The molecule has 2 heterocycles. The summed E-state index contributed by atoms with van der Waals surface area (Å²) in [6.07, 6.45) is 1.24. The lowest BCUT2D eigenvalue weighted by molar-refractivity contribution is -0.00698. The summed E-state index contributed by atoms with van der Waals surface area (Å²) < 4.78 is 5.89. The molecule has 1 fully saturated rings. The van der Waals surface area contributed by atoms with Crippen LogP contribution in [0, 0.1) is 5.92 Å². The fourth-order valence-electron chi connectivity index (χ4n) is 2.21. The molecule has 5 heteroatoms. The van der Waals surface area contributed by atoms with Crippen molar-refractivity contribution in [3.8, 4) is 0 Å². The first-order valence-electron chi connectivity index (χ1n) is 5.85. The predicted octanol–water partition coefficient (Wildman–Crippen LogP) is 0.229. The van der Waals surface area contributed by atoms with Gasteiger partial charge in [-0.3, -0.25) is 0 Å². The summed E-state index contributed by atoms with van der Waals surface area (Å²) in [5.74, 6) is 1.21. The second-order valence-corrected chi connectivity index (χ2v) is 4.98. The van der Waals surface area contributed by atoms with Gasteiger partial charge in [-0.2, -0.15) is 0 Å². The number of likely N-dealkylation sites (tertiary alicyclic amines) is 1. The molecule has 2 aliphatic rings. The SMILES string of the molecule is CN(C)CC1CON=C(C2CCN(C)C2)O1. The smallest absolute Gasteiger partial charge is 0.230 e. The molecule has 2 aliphatic heterocycles. The van der Waals surface area contributed by atoms with Crippen LogP contribution in [0.5, 0.6) is 0 Å². The van der Waals surface area contributed by atoms with E-state index in [0.717, 1.165) is 32.0 Å². The molecule has 0 aliphatic carbocycles. The fourth-order valence-corrected chi connectivity index (χ4v) is 2.21. The molecular formula is C11H21N3O2. The van der Waals surface area contributed by atoms with Gasteiger partial charge >= 0.3 is 0 Å². The number of rotatable bonds is 3. The lowest BCUT2D eigenvalue weighted by atomic mass is 10.1. The highest BCUT2D eigenvalue weighted by Crippen LogP contribution is 2.20. The minimum Gasteiger partial charge on any atom is -0.470 e. The molecule has 5 nitrogen and oxygen atoms in total. The molecule has 0 radical (unpaired) electrons. The van der Waals surface area contributed by atoms with E-state index in [4.69, 9.17) is 9.57 Å². The zero-order valence-corrected chi connectivity index (χ0v) is 10.3. The van der Waals surface area contributed by atoms with Crippen LogP contribution in [0.1, 0.15) is 6.42 Å². The third-order valence-corrected chi connectivity index (χ3v) is 3.01. The maximum atomic E-state index is 5.89. The van der Waals surface area contributed by atoms with Crippen LogP contribution in [0.25, 0.3) is 0 Å². The molecule has 2 rings (SSSR count). The van der Waals surface area contributed by atoms with Crippen LogP contribution in [-0.2, 0) is 9.57 Å². The van der Waals surface area contributed by atoms with Crippen LogP contribution in [0.15, 0.2) is 5.16 Å². The monoisotopic (exact) mass is 227 g/mol. The Balaban J connectivity index is 1.88. The van der Waals surface area contributed by atoms with Crippen LogP contribution in [0.2, 0.25) is 0 Å². The zero-order valence-electron chi connectivity index (χ0n) is 10.3. The van der Waals surface area contributed by atoms with Crippen LogP contribution >= 0.6 is 0 Å².